The highest BCUT2D eigenvalue weighted by Crippen LogP contribution is 2.31. The molecule has 1 radical (unpaired) electrons. The highest BCUT2D eigenvalue weighted by atomic mass is 32.2. The maximum Gasteiger partial charge on any atom is 0.0108 e. The Hall–Kier alpha value is -0.430. The summed E-state index contributed by atoms with van der Waals surface area (Å²) < 4.78 is 0. The van der Waals surface area contributed by atoms with Gasteiger partial charge in [-0.3, -0.25) is 0 Å². The van der Waals surface area contributed by atoms with Crippen molar-refractivity contribution in [3.8, 4) is 0 Å². The summed E-state index contributed by atoms with van der Waals surface area (Å²) in [6, 6.07) is 8.50. The van der Waals surface area contributed by atoms with Crippen LogP contribution in [0.3, 0.4) is 0 Å². The standard InChI is InChI=1S/C8H7S/c1-2-4-8-7(3-1)5-6-9-8/h1-5H,6H2. The van der Waals surface area contributed by atoms with Crippen molar-refractivity contribution in [2.45, 2.75) is 4.90 Å². The smallest absolute Gasteiger partial charge is 0.0108 e. The lowest BCUT2D eigenvalue weighted by Crippen LogP contribution is -1.73. The number of fused-ring (bicyclic) bond motifs is 1. The second-order valence-electron chi connectivity index (χ2n) is 2.05. The van der Waals surface area contributed by atoms with Crippen LogP contribution in [0, 0.1) is 6.42 Å². The van der Waals surface area contributed by atoms with Gasteiger partial charge in [0.1, 0.15) is 0 Å². The van der Waals surface area contributed by atoms with Crippen LogP contribution in [0.15, 0.2) is 29.2 Å². The minimum Gasteiger partial charge on any atom is -0.125 e. The Morgan fingerprint density at radius 3 is 3.00 bits per heavy atom. The van der Waals surface area contributed by atoms with E-state index in [-0.39, 0.29) is 0 Å². The van der Waals surface area contributed by atoms with Crippen LogP contribution in [0.25, 0.3) is 0 Å². The third-order valence-electron chi connectivity index (χ3n) is 1.46. The minimum atomic E-state index is 1.15. The zero-order valence-electron chi connectivity index (χ0n) is 5.00. The van der Waals surface area contributed by atoms with Gasteiger partial charge in [0.15, 0.2) is 0 Å². The van der Waals surface area contributed by atoms with E-state index in [9.17, 15) is 0 Å². The molecule has 0 saturated carbocycles. The highest BCUT2D eigenvalue weighted by Gasteiger charge is 2.08. The summed E-state index contributed by atoms with van der Waals surface area (Å²) in [6.45, 7) is 0. The van der Waals surface area contributed by atoms with Gasteiger partial charge in [-0.25, -0.2) is 0 Å². The summed E-state index contributed by atoms with van der Waals surface area (Å²) in [5.41, 5.74) is 1.41. The Kier molecular flexibility index (Phi) is 1.23. The molecule has 0 aliphatic carbocycles. The fourth-order valence-electron chi connectivity index (χ4n) is 1.00. The van der Waals surface area contributed by atoms with Gasteiger partial charge in [-0.05, 0) is 11.6 Å². The quantitative estimate of drug-likeness (QED) is 0.526. The number of rotatable bonds is 0. The van der Waals surface area contributed by atoms with Crippen molar-refractivity contribution in [1.82, 2.24) is 0 Å². The van der Waals surface area contributed by atoms with Crippen LogP contribution < -0.4 is 0 Å². The van der Waals surface area contributed by atoms with Gasteiger partial charge >= 0.3 is 0 Å². The molecule has 9 heavy (non-hydrogen) atoms. The minimum absolute atomic E-state index is 1.15. The molecule has 0 N–H and O–H groups in total. The predicted octanol–water partition coefficient (Wildman–Crippen LogP) is 2.34. The fourth-order valence-corrected chi connectivity index (χ4v) is 1.94. The third-order valence-corrected chi connectivity index (χ3v) is 2.48. The maximum absolute atomic E-state index is 2.26. The molecular formula is C8H7S. The molecule has 0 saturated heterocycles. The van der Waals surface area contributed by atoms with Crippen LogP contribution in [-0.2, 0) is 0 Å². The molecule has 1 heteroatoms. The van der Waals surface area contributed by atoms with Crippen molar-refractivity contribution in [3.63, 3.8) is 0 Å². The summed E-state index contributed by atoms with van der Waals surface area (Å²) in [7, 11) is 0. The lowest BCUT2D eigenvalue weighted by molar-refractivity contribution is 1.36. The summed E-state index contributed by atoms with van der Waals surface area (Å²) in [5.74, 6) is 1.15. The van der Waals surface area contributed by atoms with Crippen molar-refractivity contribution in [3.05, 3.63) is 36.2 Å². The molecular weight excluding hydrogens is 128 g/mol. The van der Waals surface area contributed by atoms with Gasteiger partial charge in [0.05, 0.1) is 0 Å². The molecule has 0 nitrogen and oxygen atoms in total. The molecule has 1 aromatic rings. The van der Waals surface area contributed by atoms with Gasteiger partial charge in [0, 0.05) is 17.1 Å². The molecule has 0 fully saturated rings. The van der Waals surface area contributed by atoms with Crippen LogP contribution in [0.2, 0.25) is 0 Å². The Bertz CT molecular complexity index is 195. The van der Waals surface area contributed by atoms with E-state index in [1.54, 1.807) is 0 Å². The Balaban J connectivity index is 2.54. The number of benzene rings is 1. The second-order valence-corrected chi connectivity index (χ2v) is 3.11. The summed E-state index contributed by atoms with van der Waals surface area (Å²) >= 11 is 1.91. The van der Waals surface area contributed by atoms with Crippen LogP contribution >= 0.6 is 11.8 Å². The van der Waals surface area contributed by atoms with Gasteiger partial charge in [-0.2, -0.15) is 0 Å². The Morgan fingerprint density at radius 1 is 1.22 bits per heavy atom. The summed E-state index contributed by atoms with van der Waals surface area (Å²) in [6.07, 6.45) is 2.26. The van der Waals surface area contributed by atoms with E-state index in [1.807, 2.05) is 11.8 Å². The maximum atomic E-state index is 2.26. The van der Waals surface area contributed by atoms with Crippen molar-refractivity contribution in [2.24, 2.45) is 0 Å². The first-order valence-corrected chi connectivity index (χ1v) is 4.00. The van der Waals surface area contributed by atoms with Crippen molar-refractivity contribution >= 4 is 11.8 Å². The van der Waals surface area contributed by atoms with Crippen molar-refractivity contribution in [1.29, 1.82) is 0 Å². The van der Waals surface area contributed by atoms with Gasteiger partial charge in [0.25, 0.3) is 0 Å². The van der Waals surface area contributed by atoms with Crippen molar-refractivity contribution in [2.75, 3.05) is 5.75 Å². The van der Waals surface area contributed by atoms with E-state index in [2.05, 4.69) is 30.7 Å². The van der Waals surface area contributed by atoms with E-state index in [0.29, 0.717) is 0 Å². The van der Waals surface area contributed by atoms with E-state index >= 15 is 0 Å². The second kappa shape index (κ2) is 2.07. The predicted molar refractivity (Wildman–Crippen MR) is 40.6 cm³/mol. The normalized spacial score (nSPS) is 15.6. The van der Waals surface area contributed by atoms with Crippen LogP contribution in [-0.4, -0.2) is 5.75 Å². The first-order chi connectivity index (χ1) is 4.47. The first-order valence-electron chi connectivity index (χ1n) is 3.02. The average molecular weight is 135 g/mol. The molecule has 2 rings (SSSR count). The molecule has 1 aliphatic rings. The van der Waals surface area contributed by atoms with E-state index in [1.165, 1.54) is 10.5 Å². The van der Waals surface area contributed by atoms with Crippen LogP contribution in [0.5, 0.6) is 0 Å². The highest BCUT2D eigenvalue weighted by molar-refractivity contribution is 7.99. The first kappa shape index (κ1) is 5.36. The summed E-state index contributed by atoms with van der Waals surface area (Å²) in [4.78, 5) is 1.43. The molecule has 0 spiro atoms. The van der Waals surface area contributed by atoms with Gasteiger partial charge in [-0.15, -0.1) is 11.8 Å². The van der Waals surface area contributed by atoms with E-state index < -0.39 is 0 Å². The lowest BCUT2D eigenvalue weighted by Gasteiger charge is -1.91. The SMILES string of the molecule is [CH]1CSc2ccccc21. The number of thioether (sulfide) groups is 1. The molecule has 0 bridgehead atoms. The zero-order valence-corrected chi connectivity index (χ0v) is 5.82. The largest absolute Gasteiger partial charge is 0.125 e. The van der Waals surface area contributed by atoms with Gasteiger partial charge in [-0.1, -0.05) is 18.2 Å². The molecule has 1 aromatic carbocycles. The van der Waals surface area contributed by atoms with Gasteiger partial charge in [0.2, 0.25) is 0 Å². The lowest BCUT2D eigenvalue weighted by atomic mass is 10.2. The molecule has 0 unspecified atom stereocenters. The summed E-state index contributed by atoms with van der Waals surface area (Å²) in [5, 5.41) is 0. The Morgan fingerprint density at radius 2 is 2.11 bits per heavy atom. The van der Waals surface area contributed by atoms with Crippen LogP contribution in [0.4, 0.5) is 0 Å². The van der Waals surface area contributed by atoms with Crippen molar-refractivity contribution < 1.29 is 0 Å². The average Bonchev–Trinajstić information content (AvgIpc) is 2.33. The van der Waals surface area contributed by atoms with E-state index in [0.717, 1.165) is 5.75 Å². The van der Waals surface area contributed by atoms with Gasteiger partial charge < -0.3 is 0 Å². The molecule has 1 aliphatic heterocycles. The molecule has 0 atom stereocenters. The third kappa shape index (κ3) is 0.855. The fraction of sp³-hybridized carbons (Fsp3) is 0.125. The topological polar surface area (TPSA) is 0 Å². The van der Waals surface area contributed by atoms with Crippen LogP contribution in [0.1, 0.15) is 5.56 Å². The molecule has 45 valence electrons. The molecule has 0 aromatic heterocycles. The van der Waals surface area contributed by atoms with E-state index in [4.69, 9.17) is 0 Å². The number of hydrogen-bond acceptors (Lipinski definition) is 1. The zero-order chi connectivity index (χ0) is 6.10. The molecule has 0 amide bonds. The Labute approximate surface area is 59.3 Å². The molecule has 1 heterocycles. The number of hydrogen-bond donors (Lipinski definition) is 0. The monoisotopic (exact) mass is 135 g/mol.